The highest BCUT2D eigenvalue weighted by atomic mass is 79.9. The van der Waals surface area contributed by atoms with Gasteiger partial charge in [-0.3, -0.25) is 4.79 Å². The molecule has 0 aliphatic rings. The van der Waals surface area contributed by atoms with E-state index >= 15 is 0 Å². The second-order valence-corrected chi connectivity index (χ2v) is 3.28. The third-order valence-electron chi connectivity index (χ3n) is 1.60. The van der Waals surface area contributed by atoms with E-state index in [2.05, 4.69) is 15.9 Å². The minimum absolute atomic E-state index is 0.243. The molecule has 0 bridgehead atoms. The van der Waals surface area contributed by atoms with Crippen LogP contribution in [-0.4, -0.2) is 24.5 Å². The Morgan fingerprint density at radius 3 is 2.64 bits per heavy atom. The number of hydrogen-bond acceptors (Lipinski definition) is 3. The number of carbonyl (C=O) groups is 1. The molecular formula is C10H11BrO3. The van der Waals surface area contributed by atoms with Gasteiger partial charge in [0.15, 0.2) is 0 Å². The third kappa shape index (κ3) is 3.79. The zero-order valence-electron chi connectivity index (χ0n) is 7.56. The Bertz CT molecular complexity index is 263. The fourth-order valence-corrected chi connectivity index (χ4v) is 1.24. The van der Waals surface area contributed by atoms with Crippen molar-refractivity contribution in [1.82, 2.24) is 0 Å². The van der Waals surface area contributed by atoms with Gasteiger partial charge in [0, 0.05) is 5.33 Å². The van der Waals surface area contributed by atoms with Gasteiger partial charge in [0.2, 0.25) is 0 Å². The lowest BCUT2D eigenvalue weighted by molar-refractivity contribution is -0.133. The number of rotatable bonds is 6. The van der Waals surface area contributed by atoms with E-state index in [0.29, 0.717) is 18.4 Å². The van der Waals surface area contributed by atoms with E-state index in [4.69, 9.17) is 9.47 Å². The maximum Gasteiger partial charge on any atom is 0.293 e. The standard InChI is InChI=1S/C10H11BrO3/c11-6-10(14-8-12)7-13-9-4-2-1-3-5-9/h1-5,8,10H,6-7H2/t10-/m0/s1. The zero-order valence-corrected chi connectivity index (χ0v) is 9.14. The first kappa shape index (κ1) is 11.0. The first-order chi connectivity index (χ1) is 6.86. The average molecular weight is 259 g/mol. The molecule has 4 heteroatoms. The lowest BCUT2D eigenvalue weighted by Crippen LogP contribution is -2.22. The van der Waals surface area contributed by atoms with Crippen LogP contribution in [0.5, 0.6) is 5.75 Å². The molecule has 0 aliphatic heterocycles. The van der Waals surface area contributed by atoms with Gasteiger partial charge < -0.3 is 9.47 Å². The lowest BCUT2D eigenvalue weighted by atomic mass is 10.3. The summed E-state index contributed by atoms with van der Waals surface area (Å²) in [5.74, 6) is 0.771. The first-order valence-electron chi connectivity index (χ1n) is 4.19. The number of alkyl halides is 1. The van der Waals surface area contributed by atoms with E-state index in [9.17, 15) is 4.79 Å². The van der Waals surface area contributed by atoms with E-state index < -0.39 is 0 Å². The van der Waals surface area contributed by atoms with Crippen molar-refractivity contribution in [2.75, 3.05) is 11.9 Å². The molecule has 0 unspecified atom stereocenters. The molecule has 0 aliphatic carbocycles. The summed E-state index contributed by atoms with van der Waals surface area (Å²) < 4.78 is 10.2. The van der Waals surface area contributed by atoms with Crippen LogP contribution in [0.25, 0.3) is 0 Å². The molecule has 0 amide bonds. The van der Waals surface area contributed by atoms with Crippen molar-refractivity contribution in [3.63, 3.8) is 0 Å². The molecule has 0 fully saturated rings. The minimum Gasteiger partial charge on any atom is -0.490 e. The van der Waals surface area contributed by atoms with Gasteiger partial charge in [-0.25, -0.2) is 0 Å². The third-order valence-corrected chi connectivity index (χ3v) is 2.32. The molecule has 0 aromatic heterocycles. The second-order valence-electron chi connectivity index (χ2n) is 2.63. The molecular weight excluding hydrogens is 248 g/mol. The fraction of sp³-hybridized carbons (Fsp3) is 0.300. The summed E-state index contributed by atoms with van der Waals surface area (Å²) in [5, 5.41) is 0.568. The monoisotopic (exact) mass is 258 g/mol. The molecule has 1 aromatic rings. The van der Waals surface area contributed by atoms with Crippen LogP contribution in [0.3, 0.4) is 0 Å². The molecule has 0 saturated heterocycles. The highest BCUT2D eigenvalue weighted by Gasteiger charge is 2.07. The molecule has 0 heterocycles. The summed E-state index contributed by atoms with van der Waals surface area (Å²) in [5.41, 5.74) is 0. The molecule has 1 aromatic carbocycles. The van der Waals surface area contributed by atoms with Crippen molar-refractivity contribution in [3.05, 3.63) is 30.3 Å². The topological polar surface area (TPSA) is 35.5 Å². The van der Waals surface area contributed by atoms with Crippen molar-refractivity contribution in [3.8, 4) is 5.75 Å². The molecule has 0 saturated carbocycles. The predicted octanol–water partition coefficient (Wildman–Crippen LogP) is 2.00. The Balaban J connectivity index is 2.35. The normalized spacial score (nSPS) is 11.8. The molecule has 0 spiro atoms. The van der Waals surface area contributed by atoms with Crippen LogP contribution in [0.2, 0.25) is 0 Å². The van der Waals surface area contributed by atoms with Crippen LogP contribution in [-0.2, 0) is 9.53 Å². The van der Waals surface area contributed by atoms with Gasteiger partial charge in [0.1, 0.15) is 18.5 Å². The number of para-hydroxylation sites is 1. The predicted molar refractivity (Wildman–Crippen MR) is 56.7 cm³/mol. The quantitative estimate of drug-likeness (QED) is 0.579. The summed E-state index contributed by atoms with van der Waals surface area (Å²) in [6, 6.07) is 9.40. The van der Waals surface area contributed by atoms with Gasteiger partial charge in [-0.1, -0.05) is 34.1 Å². The molecule has 0 N–H and O–H groups in total. The molecule has 0 radical (unpaired) electrons. The lowest BCUT2D eigenvalue weighted by Gasteiger charge is -2.13. The Hall–Kier alpha value is -1.03. The van der Waals surface area contributed by atoms with E-state index in [-0.39, 0.29) is 6.10 Å². The minimum atomic E-state index is -0.243. The molecule has 1 atom stereocenters. The fourth-order valence-electron chi connectivity index (χ4n) is 0.905. The van der Waals surface area contributed by atoms with Gasteiger partial charge in [0.05, 0.1) is 0 Å². The molecule has 1 rings (SSSR count). The number of carbonyl (C=O) groups excluding carboxylic acids is 1. The van der Waals surface area contributed by atoms with Crippen LogP contribution in [0.15, 0.2) is 30.3 Å². The van der Waals surface area contributed by atoms with Gasteiger partial charge in [-0.15, -0.1) is 0 Å². The van der Waals surface area contributed by atoms with Crippen LogP contribution in [0, 0.1) is 0 Å². The molecule has 14 heavy (non-hydrogen) atoms. The van der Waals surface area contributed by atoms with E-state index in [1.54, 1.807) is 0 Å². The number of benzene rings is 1. The Morgan fingerprint density at radius 1 is 1.36 bits per heavy atom. The number of hydrogen-bond donors (Lipinski definition) is 0. The highest BCUT2D eigenvalue weighted by Crippen LogP contribution is 2.09. The van der Waals surface area contributed by atoms with Crippen LogP contribution < -0.4 is 4.74 Å². The number of ether oxygens (including phenoxy) is 2. The SMILES string of the molecule is O=CO[C@@H](CBr)COc1ccccc1. The Kier molecular flexibility index (Phi) is 5.07. The van der Waals surface area contributed by atoms with Crippen molar-refractivity contribution in [2.45, 2.75) is 6.10 Å². The van der Waals surface area contributed by atoms with Gasteiger partial charge >= 0.3 is 0 Å². The zero-order chi connectivity index (χ0) is 10.2. The van der Waals surface area contributed by atoms with Gasteiger partial charge in [-0.05, 0) is 12.1 Å². The maximum absolute atomic E-state index is 10.1. The van der Waals surface area contributed by atoms with Gasteiger partial charge in [-0.2, -0.15) is 0 Å². The second kappa shape index (κ2) is 6.43. The van der Waals surface area contributed by atoms with Crippen molar-refractivity contribution in [2.24, 2.45) is 0 Å². The Labute approximate surface area is 91.1 Å². The highest BCUT2D eigenvalue weighted by molar-refractivity contribution is 9.09. The summed E-state index contributed by atoms with van der Waals surface area (Å²) >= 11 is 3.23. The van der Waals surface area contributed by atoms with E-state index in [0.717, 1.165) is 5.75 Å². The molecule has 76 valence electrons. The summed E-state index contributed by atoms with van der Waals surface area (Å²) in [6.07, 6.45) is -0.243. The van der Waals surface area contributed by atoms with Crippen molar-refractivity contribution < 1.29 is 14.3 Å². The average Bonchev–Trinajstić information content (AvgIpc) is 2.25. The van der Waals surface area contributed by atoms with E-state index in [1.807, 2.05) is 30.3 Å². The summed E-state index contributed by atoms with van der Waals surface area (Å²) in [7, 11) is 0. The maximum atomic E-state index is 10.1. The largest absolute Gasteiger partial charge is 0.490 e. The summed E-state index contributed by atoms with van der Waals surface area (Å²) in [4.78, 5) is 10.1. The van der Waals surface area contributed by atoms with Crippen molar-refractivity contribution in [1.29, 1.82) is 0 Å². The Morgan fingerprint density at radius 2 is 2.07 bits per heavy atom. The van der Waals surface area contributed by atoms with Crippen LogP contribution in [0.1, 0.15) is 0 Å². The first-order valence-corrected chi connectivity index (χ1v) is 5.32. The van der Waals surface area contributed by atoms with Crippen LogP contribution in [0.4, 0.5) is 0 Å². The van der Waals surface area contributed by atoms with E-state index in [1.165, 1.54) is 0 Å². The smallest absolute Gasteiger partial charge is 0.293 e. The van der Waals surface area contributed by atoms with Crippen molar-refractivity contribution >= 4 is 22.4 Å². The van der Waals surface area contributed by atoms with Crippen LogP contribution >= 0.6 is 15.9 Å². The summed E-state index contributed by atoms with van der Waals surface area (Å²) in [6.45, 7) is 0.786. The number of halogens is 1. The molecule has 3 nitrogen and oxygen atoms in total. The van der Waals surface area contributed by atoms with Gasteiger partial charge in [0.25, 0.3) is 6.47 Å².